The summed E-state index contributed by atoms with van der Waals surface area (Å²) < 4.78 is 0. The maximum atomic E-state index is 10.3. The average molecular weight is 98.0 g/mol. The van der Waals surface area contributed by atoms with Gasteiger partial charge >= 0.3 is 0 Å². The SMILES string of the molecule is BC(=O)CC(C)C. The van der Waals surface area contributed by atoms with E-state index in [0.29, 0.717) is 5.92 Å². The lowest BCUT2D eigenvalue weighted by atomic mass is 9.94. The molecule has 0 amide bonds. The maximum Gasteiger partial charge on any atom is 0.187 e. The minimum Gasteiger partial charge on any atom is -0.312 e. The summed E-state index contributed by atoms with van der Waals surface area (Å²) >= 11 is 0. The molecule has 0 N–H and O–H groups in total. The molecule has 0 fully saturated rings. The van der Waals surface area contributed by atoms with E-state index in [9.17, 15) is 4.79 Å². The number of carbonyl (C=O) groups excluding carboxylic acids is 1. The number of carbonyl (C=O) groups is 1. The van der Waals surface area contributed by atoms with Crippen LogP contribution in [0.25, 0.3) is 0 Å². The molecule has 0 aromatic rings. The predicted octanol–water partition coefficient (Wildman–Crippen LogP) is 0.192. The Morgan fingerprint density at radius 2 is 2.14 bits per heavy atom. The van der Waals surface area contributed by atoms with E-state index in [1.165, 1.54) is 0 Å². The summed E-state index contributed by atoms with van der Waals surface area (Å²) in [5.41, 5.74) is 0.287. The summed E-state index contributed by atoms with van der Waals surface area (Å²) in [5.74, 6) is 0.525. The first-order valence-corrected chi connectivity index (χ1v) is 2.62. The quantitative estimate of drug-likeness (QED) is 0.450. The molecule has 0 atom stereocenters. The lowest BCUT2D eigenvalue weighted by Crippen LogP contribution is -2.00. The van der Waals surface area contributed by atoms with E-state index >= 15 is 0 Å². The highest BCUT2D eigenvalue weighted by molar-refractivity contribution is 6.57. The lowest BCUT2D eigenvalue weighted by Gasteiger charge is -1.95. The van der Waals surface area contributed by atoms with E-state index in [4.69, 9.17) is 0 Å². The molecule has 2 heteroatoms. The minimum atomic E-state index is 0.287. The molecule has 0 aliphatic rings. The van der Waals surface area contributed by atoms with E-state index in [0.717, 1.165) is 6.42 Å². The van der Waals surface area contributed by atoms with Gasteiger partial charge in [-0.05, 0) is 12.3 Å². The van der Waals surface area contributed by atoms with Gasteiger partial charge in [-0.25, -0.2) is 0 Å². The summed E-state index contributed by atoms with van der Waals surface area (Å²) in [7, 11) is 1.62. The van der Waals surface area contributed by atoms with Crippen molar-refractivity contribution in [2.45, 2.75) is 20.3 Å². The Hall–Kier alpha value is -0.265. The van der Waals surface area contributed by atoms with Gasteiger partial charge in [0.2, 0.25) is 0 Å². The van der Waals surface area contributed by atoms with Crippen molar-refractivity contribution >= 4 is 13.5 Å². The Morgan fingerprint density at radius 3 is 2.14 bits per heavy atom. The van der Waals surface area contributed by atoms with Crippen LogP contribution in [0.4, 0.5) is 0 Å². The fourth-order valence-corrected chi connectivity index (χ4v) is 0.575. The average Bonchev–Trinajstić information content (AvgIpc) is 1.27. The first-order valence-electron chi connectivity index (χ1n) is 2.62. The van der Waals surface area contributed by atoms with Crippen molar-refractivity contribution in [3.63, 3.8) is 0 Å². The Balaban J connectivity index is 3.13. The van der Waals surface area contributed by atoms with Crippen LogP contribution in [0.2, 0.25) is 0 Å². The molecule has 0 aromatic heterocycles. The summed E-state index contributed by atoms with van der Waals surface area (Å²) in [6.07, 6.45) is 0.722. The molecule has 0 aliphatic carbocycles. The fourth-order valence-electron chi connectivity index (χ4n) is 0.575. The van der Waals surface area contributed by atoms with Gasteiger partial charge in [-0.1, -0.05) is 13.8 Å². The summed E-state index contributed by atoms with van der Waals surface area (Å²) in [5, 5.41) is 0. The van der Waals surface area contributed by atoms with Crippen molar-refractivity contribution < 1.29 is 4.79 Å². The van der Waals surface area contributed by atoms with Crippen LogP contribution in [0.15, 0.2) is 0 Å². The van der Waals surface area contributed by atoms with Crippen LogP contribution < -0.4 is 0 Å². The predicted molar refractivity (Wildman–Crippen MR) is 33.0 cm³/mol. The third-order valence-electron chi connectivity index (χ3n) is 0.696. The van der Waals surface area contributed by atoms with Crippen LogP contribution in [0.1, 0.15) is 20.3 Å². The van der Waals surface area contributed by atoms with Crippen molar-refractivity contribution in [2.24, 2.45) is 5.92 Å². The molecule has 1 nitrogen and oxygen atoms in total. The van der Waals surface area contributed by atoms with E-state index in [1.54, 1.807) is 7.85 Å². The van der Waals surface area contributed by atoms with Crippen molar-refractivity contribution in [3.05, 3.63) is 0 Å². The van der Waals surface area contributed by atoms with Crippen molar-refractivity contribution in [3.8, 4) is 0 Å². The van der Waals surface area contributed by atoms with Crippen molar-refractivity contribution in [1.82, 2.24) is 0 Å². The Kier molecular flexibility index (Phi) is 2.73. The molecule has 0 radical (unpaired) electrons. The van der Waals surface area contributed by atoms with Crippen LogP contribution in [-0.4, -0.2) is 13.5 Å². The first-order chi connectivity index (χ1) is 3.13. The van der Waals surface area contributed by atoms with Gasteiger partial charge in [0.05, 0.1) is 5.68 Å². The lowest BCUT2D eigenvalue weighted by molar-refractivity contribution is -0.112. The fraction of sp³-hybridized carbons (Fsp3) is 0.800. The van der Waals surface area contributed by atoms with Crippen molar-refractivity contribution in [1.29, 1.82) is 0 Å². The normalized spacial score (nSPS) is 9.57. The highest BCUT2D eigenvalue weighted by atomic mass is 16.1. The Morgan fingerprint density at radius 1 is 1.71 bits per heavy atom. The zero-order valence-corrected chi connectivity index (χ0v) is 5.19. The molecule has 0 aromatic carbocycles. The molecule has 0 spiro atoms. The van der Waals surface area contributed by atoms with Crippen LogP contribution >= 0.6 is 0 Å². The van der Waals surface area contributed by atoms with E-state index in [2.05, 4.69) is 0 Å². The topological polar surface area (TPSA) is 17.1 Å². The highest BCUT2D eigenvalue weighted by Crippen LogP contribution is 1.96. The molecule has 0 unspecified atom stereocenters. The molecular formula is C5H11BO. The van der Waals surface area contributed by atoms with Gasteiger partial charge in [0.25, 0.3) is 0 Å². The van der Waals surface area contributed by atoms with E-state index in [1.807, 2.05) is 13.8 Å². The largest absolute Gasteiger partial charge is 0.312 e. The molecule has 7 heavy (non-hydrogen) atoms. The second kappa shape index (κ2) is 2.83. The minimum absolute atomic E-state index is 0.287. The van der Waals surface area contributed by atoms with Gasteiger partial charge in [0.15, 0.2) is 7.85 Å². The zero-order chi connectivity index (χ0) is 5.86. The van der Waals surface area contributed by atoms with Gasteiger partial charge in [-0.3, -0.25) is 0 Å². The van der Waals surface area contributed by atoms with Gasteiger partial charge in [0, 0.05) is 0 Å². The number of hydrogen-bond acceptors (Lipinski definition) is 1. The molecule has 0 bridgehead atoms. The highest BCUT2D eigenvalue weighted by Gasteiger charge is 1.95. The standard InChI is InChI=1S/C5H11BO/c1-4(2)3-5(6)7/h4H,3,6H2,1-2H3. The van der Waals surface area contributed by atoms with E-state index < -0.39 is 0 Å². The van der Waals surface area contributed by atoms with Crippen LogP contribution in [0.5, 0.6) is 0 Å². The summed E-state index contributed by atoms with van der Waals surface area (Å²) in [6.45, 7) is 4.09. The summed E-state index contributed by atoms with van der Waals surface area (Å²) in [4.78, 5) is 10.3. The molecule has 0 aliphatic heterocycles. The van der Waals surface area contributed by atoms with E-state index in [-0.39, 0.29) is 5.68 Å². The smallest absolute Gasteiger partial charge is 0.187 e. The summed E-state index contributed by atoms with van der Waals surface area (Å²) in [6, 6.07) is 0. The monoisotopic (exact) mass is 98.1 g/mol. The van der Waals surface area contributed by atoms with Gasteiger partial charge in [0.1, 0.15) is 0 Å². The first kappa shape index (κ1) is 6.73. The third kappa shape index (κ3) is 5.73. The van der Waals surface area contributed by atoms with Crippen LogP contribution in [0, 0.1) is 5.92 Å². The van der Waals surface area contributed by atoms with Gasteiger partial charge < -0.3 is 4.79 Å². The van der Waals surface area contributed by atoms with Gasteiger partial charge in [-0.2, -0.15) is 0 Å². The number of rotatable bonds is 2. The second-order valence-corrected chi connectivity index (χ2v) is 2.30. The molecule has 0 rings (SSSR count). The molecular weight excluding hydrogens is 86.9 g/mol. The zero-order valence-electron chi connectivity index (χ0n) is 5.19. The number of hydrogen-bond donors (Lipinski definition) is 0. The molecule has 0 saturated carbocycles. The van der Waals surface area contributed by atoms with Crippen LogP contribution in [-0.2, 0) is 4.79 Å². The maximum absolute atomic E-state index is 10.3. The Labute approximate surface area is 45.5 Å². The van der Waals surface area contributed by atoms with Gasteiger partial charge in [-0.15, -0.1) is 0 Å². The molecule has 0 heterocycles. The van der Waals surface area contributed by atoms with Crippen LogP contribution in [0.3, 0.4) is 0 Å². The van der Waals surface area contributed by atoms with Crippen molar-refractivity contribution in [2.75, 3.05) is 0 Å². The second-order valence-electron chi connectivity index (χ2n) is 2.30. The Bertz CT molecular complexity index is 68.5. The third-order valence-corrected chi connectivity index (χ3v) is 0.696. The molecule has 40 valence electrons. The molecule has 0 saturated heterocycles.